The normalized spacial score (nSPS) is 18.1. The van der Waals surface area contributed by atoms with Crippen LogP contribution >= 0.6 is 0 Å². The number of amides is 1. The summed E-state index contributed by atoms with van der Waals surface area (Å²) in [5, 5.41) is -2.27. The summed E-state index contributed by atoms with van der Waals surface area (Å²) >= 11 is 0. The van der Waals surface area contributed by atoms with Gasteiger partial charge in [-0.2, -0.15) is 0 Å². The first-order valence-corrected chi connectivity index (χ1v) is 10.8. The highest BCUT2D eigenvalue weighted by atomic mass is 32.2. The molecule has 1 aromatic carbocycles. The van der Waals surface area contributed by atoms with Crippen LogP contribution in [0, 0.1) is 5.82 Å². The summed E-state index contributed by atoms with van der Waals surface area (Å²) in [7, 11) is -8.00. The highest BCUT2D eigenvalue weighted by molar-refractivity contribution is 7.93. The third-order valence-electron chi connectivity index (χ3n) is 4.21. The first-order valence-electron chi connectivity index (χ1n) is 7.69. The molecule has 134 valence electrons. The number of rotatable bonds is 5. The molecule has 6 nitrogen and oxygen atoms in total. The molecule has 1 aliphatic rings. The summed E-state index contributed by atoms with van der Waals surface area (Å²) in [6.07, 6.45) is 3.41. The molecule has 1 atom stereocenters. The van der Waals surface area contributed by atoms with Crippen molar-refractivity contribution >= 4 is 25.8 Å². The summed E-state index contributed by atoms with van der Waals surface area (Å²) in [5.74, 6) is -1.70. The van der Waals surface area contributed by atoms with E-state index in [1.165, 1.54) is 0 Å². The molecule has 2 rings (SSSR count). The lowest BCUT2D eigenvalue weighted by Gasteiger charge is -2.22. The molecule has 1 aliphatic carbocycles. The van der Waals surface area contributed by atoms with Crippen LogP contribution < -0.4 is 4.72 Å². The number of sulfonamides is 1. The molecule has 1 amide bonds. The molecule has 1 saturated carbocycles. The Kier molecular flexibility index (Phi) is 5.64. The maximum atomic E-state index is 12.9. The van der Waals surface area contributed by atoms with E-state index in [2.05, 4.69) is 0 Å². The van der Waals surface area contributed by atoms with Crippen LogP contribution in [0.5, 0.6) is 0 Å². The van der Waals surface area contributed by atoms with Crippen LogP contribution in [0.1, 0.15) is 39.0 Å². The zero-order valence-electron chi connectivity index (χ0n) is 13.2. The van der Waals surface area contributed by atoms with Gasteiger partial charge in [0.25, 0.3) is 5.91 Å². The van der Waals surface area contributed by atoms with E-state index in [0.29, 0.717) is 12.8 Å². The van der Waals surface area contributed by atoms with Gasteiger partial charge in [-0.25, -0.2) is 21.2 Å². The fourth-order valence-corrected chi connectivity index (χ4v) is 5.57. The predicted molar refractivity (Wildman–Crippen MR) is 87.0 cm³/mol. The summed E-state index contributed by atoms with van der Waals surface area (Å²) < 4.78 is 64.0. The molecule has 0 unspecified atom stereocenters. The van der Waals surface area contributed by atoms with Crippen molar-refractivity contribution in [2.45, 2.75) is 54.4 Å². The van der Waals surface area contributed by atoms with Crippen molar-refractivity contribution in [2.75, 3.05) is 0 Å². The minimum absolute atomic E-state index is 0.235. The van der Waals surface area contributed by atoms with Gasteiger partial charge < -0.3 is 0 Å². The van der Waals surface area contributed by atoms with E-state index in [-0.39, 0.29) is 4.90 Å². The third-order valence-corrected chi connectivity index (χ3v) is 8.12. The number of halogens is 1. The molecule has 1 N–H and O–H groups in total. The topological polar surface area (TPSA) is 97.4 Å². The van der Waals surface area contributed by atoms with Crippen molar-refractivity contribution in [3.63, 3.8) is 0 Å². The largest absolute Gasteiger partial charge is 0.273 e. The second-order valence-electron chi connectivity index (χ2n) is 5.91. The average Bonchev–Trinajstić information content (AvgIpc) is 2.55. The van der Waals surface area contributed by atoms with Crippen molar-refractivity contribution in [3.8, 4) is 0 Å². The van der Waals surface area contributed by atoms with E-state index in [1.807, 2.05) is 4.72 Å². The van der Waals surface area contributed by atoms with Gasteiger partial charge in [-0.15, -0.1) is 0 Å². The molecule has 0 saturated heterocycles. The molecule has 0 heterocycles. The molecule has 0 spiro atoms. The summed E-state index contributed by atoms with van der Waals surface area (Å²) in [6.45, 7) is 1.12. The van der Waals surface area contributed by atoms with Crippen LogP contribution in [-0.2, 0) is 24.7 Å². The van der Waals surface area contributed by atoms with Crippen molar-refractivity contribution in [1.82, 2.24) is 4.72 Å². The van der Waals surface area contributed by atoms with Gasteiger partial charge in [-0.3, -0.25) is 9.52 Å². The van der Waals surface area contributed by atoms with E-state index >= 15 is 0 Å². The molecule has 0 radical (unpaired) electrons. The minimum Gasteiger partial charge on any atom is -0.273 e. The van der Waals surface area contributed by atoms with E-state index in [0.717, 1.165) is 50.5 Å². The van der Waals surface area contributed by atoms with E-state index < -0.39 is 42.1 Å². The van der Waals surface area contributed by atoms with Gasteiger partial charge in [0.2, 0.25) is 10.0 Å². The zero-order chi connectivity index (χ0) is 18.0. The second-order valence-corrected chi connectivity index (χ2v) is 10.1. The molecule has 1 fully saturated rings. The smallest absolute Gasteiger partial charge is 0.251 e. The molecular formula is C15H20FNO5S2. The number of hydrogen-bond donors (Lipinski definition) is 1. The summed E-state index contributed by atoms with van der Waals surface area (Å²) in [4.78, 5) is 11.9. The second kappa shape index (κ2) is 7.18. The Morgan fingerprint density at radius 3 is 2.17 bits per heavy atom. The van der Waals surface area contributed by atoms with Crippen LogP contribution in [0.15, 0.2) is 29.2 Å². The van der Waals surface area contributed by atoms with Crippen LogP contribution in [0.25, 0.3) is 0 Å². The van der Waals surface area contributed by atoms with E-state index in [4.69, 9.17) is 0 Å². The van der Waals surface area contributed by atoms with Crippen LogP contribution in [0.2, 0.25) is 0 Å². The van der Waals surface area contributed by atoms with Gasteiger partial charge >= 0.3 is 0 Å². The van der Waals surface area contributed by atoms with Gasteiger partial charge in [-0.05, 0) is 44.0 Å². The molecule has 0 aromatic heterocycles. The Balaban J connectivity index is 2.15. The molecular weight excluding hydrogens is 357 g/mol. The lowest BCUT2D eigenvalue weighted by molar-refractivity contribution is -0.118. The monoisotopic (exact) mass is 377 g/mol. The molecule has 24 heavy (non-hydrogen) atoms. The highest BCUT2D eigenvalue weighted by Crippen LogP contribution is 2.23. The van der Waals surface area contributed by atoms with E-state index in [1.54, 1.807) is 0 Å². The number of sulfone groups is 1. The third kappa shape index (κ3) is 4.13. The molecule has 9 heteroatoms. The Morgan fingerprint density at radius 2 is 1.62 bits per heavy atom. The quantitative estimate of drug-likeness (QED) is 0.789. The van der Waals surface area contributed by atoms with Crippen LogP contribution in [0.3, 0.4) is 0 Å². The van der Waals surface area contributed by atoms with Gasteiger partial charge in [0.05, 0.1) is 10.1 Å². The van der Waals surface area contributed by atoms with Gasteiger partial charge in [-0.1, -0.05) is 19.3 Å². The Morgan fingerprint density at radius 1 is 1.08 bits per heavy atom. The molecule has 0 bridgehead atoms. The zero-order valence-corrected chi connectivity index (χ0v) is 14.9. The van der Waals surface area contributed by atoms with Crippen LogP contribution in [0.4, 0.5) is 4.39 Å². The lowest BCUT2D eigenvalue weighted by atomic mass is 10.0. The number of carbonyl (C=O) groups excluding carboxylic acids is 1. The number of nitrogens with one attached hydrogen (secondary N) is 1. The van der Waals surface area contributed by atoms with Gasteiger partial charge in [0.15, 0.2) is 9.84 Å². The van der Waals surface area contributed by atoms with Crippen molar-refractivity contribution in [2.24, 2.45) is 0 Å². The number of benzene rings is 1. The SMILES string of the molecule is C[C@@H](C(=O)NS(=O)(=O)C1CCCCC1)S(=O)(=O)c1ccc(F)cc1. The maximum absolute atomic E-state index is 12.9. The number of carbonyl (C=O) groups is 1. The fraction of sp³-hybridized carbons (Fsp3) is 0.533. The Bertz CT molecular complexity index is 797. The van der Waals surface area contributed by atoms with Crippen LogP contribution in [-0.4, -0.2) is 33.2 Å². The molecule has 1 aromatic rings. The average molecular weight is 377 g/mol. The standard InChI is InChI=1S/C15H20FNO5S2/c1-11(23(19,20)13-9-7-12(16)8-10-13)15(18)17-24(21,22)14-5-3-2-4-6-14/h7-11,14H,2-6H2,1H3,(H,17,18)/t11-/m0/s1. The molecule has 0 aliphatic heterocycles. The summed E-state index contributed by atoms with van der Waals surface area (Å²) in [5.41, 5.74) is 0. The number of hydrogen-bond acceptors (Lipinski definition) is 5. The van der Waals surface area contributed by atoms with Gasteiger partial charge in [0.1, 0.15) is 11.1 Å². The van der Waals surface area contributed by atoms with Crippen molar-refractivity contribution in [1.29, 1.82) is 0 Å². The Hall–Kier alpha value is -1.48. The Labute approximate surface area is 141 Å². The van der Waals surface area contributed by atoms with E-state index in [9.17, 15) is 26.0 Å². The summed E-state index contributed by atoms with van der Waals surface area (Å²) in [6, 6.07) is 4.03. The predicted octanol–water partition coefficient (Wildman–Crippen LogP) is 1.77. The van der Waals surface area contributed by atoms with Crippen molar-refractivity contribution in [3.05, 3.63) is 30.1 Å². The van der Waals surface area contributed by atoms with Crippen molar-refractivity contribution < 1.29 is 26.0 Å². The lowest BCUT2D eigenvalue weighted by Crippen LogP contribution is -2.45. The first-order chi connectivity index (χ1) is 11.1. The minimum atomic E-state index is -4.10. The highest BCUT2D eigenvalue weighted by Gasteiger charge is 2.35. The van der Waals surface area contributed by atoms with Gasteiger partial charge in [0, 0.05) is 0 Å². The fourth-order valence-electron chi connectivity index (χ4n) is 2.65. The maximum Gasteiger partial charge on any atom is 0.251 e. The first kappa shape index (κ1) is 18.9.